The molecule has 1 fully saturated rings. The van der Waals surface area contributed by atoms with Crippen LogP contribution in [0.15, 0.2) is 18.2 Å². The molecule has 2 nitrogen and oxygen atoms in total. The second-order valence-corrected chi connectivity index (χ2v) is 4.90. The third kappa shape index (κ3) is 2.76. The van der Waals surface area contributed by atoms with Crippen LogP contribution in [0.2, 0.25) is 5.02 Å². The highest BCUT2D eigenvalue weighted by Gasteiger charge is 2.20. The highest BCUT2D eigenvalue weighted by Crippen LogP contribution is 2.28. The summed E-state index contributed by atoms with van der Waals surface area (Å²) in [6.07, 6.45) is 1.39. The van der Waals surface area contributed by atoms with E-state index in [4.69, 9.17) is 16.3 Å². The van der Waals surface area contributed by atoms with Crippen molar-refractivity contribution in [1.82, 2.24) is 0 Å². The van der Waals surface area contributed by atoms with Gasteiger partial charge in [-0.05, 0) is 42.9 Å². The number of aryl methyl sites for hydroxylation is 1. The fourth-order valence-corrected chi connectivity index (χ4v) is 2.23. The van der Waals surface area contributed by atoms with Crippen molar-refractivity contribution in [2.45, 2.75) is 25.9 Å². The number of aliphatic hydroxyl groups excluding tert-OH is 1. The van der Waals surface area contributed by atoms with Gasteiger partial charge in [0.15, 0.2) is 0 Å². The molecular formula is C13H17ClO2. The molecule has 0 aliphatic carbocycles. The Bertz CT molecular complexity index is 359. The Morgan fingerprint density at radius 2 is 2.38 bits per heavy atom. The standard InChI is InChI=1S/C13H17ClO2/c1-9-2-3-11(7-12(9)14)13(15)6-10-4-5-16-8-10/h2-3,7,10,13,15H,4-6,8H2,1H3. The van der Waals surface area contributed by atoms with Gasteiger partial charge < -0.3 is 9.84 Å². The summed E-state index contributed by atoms with van der Waals surface area (Å²) in [7, 11) is 0. The summed E-state index contributed by atoms with van der Waals surface area (Å²) in [5.74, 6) is 0.482. The molecule has 1 heterocycles. The molecule has 2 unspecified atom stereocenters. The van der Waals surface area contributed by atoms with Crippen molar-refractivity contribution < 1.29 is 9.84 Å². The lowest BCUT2D eigenvalue weighted by atomic mass is 9.96. The fourth-order valence-electron chi connectivity index (χ4n) is 2.04. The maximum Gasteiger partial charge on any atom is 0.0794 e. The largest absolute Gasteiger partial charge is 0.388 e. The van der Waals surface area contributed by atoms with Crippen molar-refractivity contribution in [1.29, 1.82) is 0 Å². The number of benzene rings is 1. The average Bonchev–Trinajstić information content (AvgIpc) is 2.74. The van der Waals surface area contributed by atoms with Gasteiger partial charge in [-0.3, -0.25) is 0 Å². The summed E-state index contributed by atoms with van der Waals surface area (Å²) in [6, 6.07) is 5.76. The van der Waals surface area contributed by atoms with Gasteiger partial charge in [0, 0.05) is 18.2 Å². The van der Waals surface area contributed by atoms with E-state index in [1.54, 1.807) is 0 Å². The molecule has 88 valence electrons. The second-order valence-electron chi connectivity index (χ2n) is 4.49. The summed E-state index contributed by atoms with van der Waals surface area (Å²) in [5, 5.41) is 10.8. The third-order valence-corrected chi connectivity index (χ3v) is 3.57. The Balaban J connectivity index is 2.02. The number of ether oxygens (including phenoxy) is 1. The summed E-state index contributed by atoms with van der Waals surface area (Å²) in [5.41, 5.74) is 1.95. The van der Waals surface area contributed by atoms with Crippen LogP contribution in [-0.2, 0) is 4.74 Å². The van der Waals surface area contributed by atoms with Crippen molar-refractivity contribution in [3.63, 3.8) is 0 Å². The Morgan fingerprint density at radius 1 is 1.56 bits per heavy atom. The van der Waals surface area contributed by atoms with Crippen molar-refractivity contribution in [3.8, 4) is 0 Å². The lowest BCUT2D eigenvalue weighted by Crippen LogP contribution is -2.07. The van der Waals surface area contributed by atoms with Gasteiger partial charge >= 0.3 is 0 Å². The van der Waals surface area contributed by atoms with Gasteiger partial charge in [0.2, 0.25) is 0 Å². The van der Waals surface area contributed by atoms with Crippen LogP contribution < -0.4 is 0 Å². The predicted octanol–water partition coefficient (Wildman–Crippen LogP) is 3.11. The second kappa shape index (κ2) is 5.17. The van der Waals surface area contributed by atoms with Crippen molar-refractivity contribution in [2.24, 2.45) is 5.92 Å². The number of halogens is 1. The third-order valence-electron chi connectivity index (χ3n) is 3.16. The molecule has 2 rings (SSSR count). The van der Waals surface area contributed by atoms with Gasteiger partial charge in [-0.1, -0.05) is 23.7 Å². The van der Waals surface area contributed by atoms with Crippen LogP contribution in [0.1, 0.15) is 30.1 Å². The lowest BCUT2D eigenvalue weighted by molar-refractivity contribution is 0.129. The van der Waals surface area contributed by atoms with Crippen LogP contribution in [0.5, 0.6) is 0 Å². The van der Waals surface area contributed by atoms with E-state index in [0.717, 1.165) is 42.2 Å². The molecule has 1 N–H and O–H groups in total. The Kier molecular flexibility index (Phi) is 3.85. The minimum atomic E-state index is -0.426. The van der Waals surface area contributed by atoms with Gasteiger partial charge in [-0.15, -0.1) is 0 Å². The predicted molar refractivity (Wildman–Crippen MR) is 64.7 cm³/mol. The van der Waals surface area contributed by atoms with E-state index in [2.05, 4.69) is 0 Å². The molecule has 1 aromatic carbocycles. The van der Waals surface area contributed by atoms with E-state index < -0.39 is 6.10 Å². The first-order valence-electron chi connectivity index (χ1n) is 5.68. The van der Waals surface area contributed by atoms with Crippen LogP contribution >= 0.6 is 11.6 Å². The first-order chi connectivity index (χ1) is 7.66. The summed E-state index contributed by atoms with van der Waals surface area (Å²) >= 11 is 6.04. The minimum absolute atomic E-state index is 0.426. The quantitative estimate of drug-likeness (QED) is 0.880. The van der Waals surface area contributed by atoms with E-state index in [9.17, 15) is 5.11 Å². The molecule has 1 aliphatic rings. The average molecular weight is 241 g/mol. The number of hydrogen-bond acceptors (Lipinski definition) is 2. The lowest BCUT2D eigenvalue weighted by Gasteiger charge is -2.15. The Labute approximate surface area is 101 Å². The Morgan fingerprint density at radius 3 is 3.00 bits per heavy atom. The molecule has 0 aromatic heterocycles. The van der Waals surface area contributed by atoms with Crippen molar-refractivity contribution in [3.05, 3.63) is 34.3 Å². The van der Waals surface area contributed by atoms with E-state index >= 15 is 0 Å². The molecule has 0 bridgehead atoms. The first-order valence-corrected chi connectivity index (χ1v) is 6.06. The monoisotopic (exact) mass is 240 g/mol. The number of rotatable bonds is 3. The zero-order valence-electron chi connectivity index (χ0n) is 9.45. The summed E-state index contributed by atoms with van der Waals surface area (Å²) < 4.78 is 5.30. The molecule has 1 saturated heterocycles. The van der Waals surface area contributed by atoms with Crippen LogP contribution in [0, 0.1) is 12.8 Å². The summed E-state index contributed by atoms with van der Waals surface area (Å²) in [6.45, 7) is 3.56. The molecule has 0 amide bonds. The molecule has 16 heavy (non-hydrogen) atoms. The van der Waals surface area contributed by atoms with Crippen molar-refractivity contribution >= 4 is 11.6 Å². The topological polar surface area (TPSA) is 29.5 Å². The van der Waals surface area contributed by atoms with Gasteiger partial charge in [0.05, 0.1) is 6.10 Å². The molecule has 3 heteroatoms. The number of aliphatic hydroxyl groups is 1. The zero-order chi connectivity index (χ0) is 11.5. The van der Waals surface area contributed by atoms with Gasteiger partial charge in [0.25, 0.3) is 0 Å². The van der Waals surface area contributed by atoms with E-state index in [1.807, 2.05) is 25.1 Å². The van der Waals surface area contributed by atoms with E-state index in [1.165, 1.54) is 0 Å². The maximum absolute atomic E-state index is 10.1. The van der Waals surface area contributed by atoms with Crippen LogP contribution in [0.4, 0.5) is 0 Å². The molecular weight excluding hydrogens is 224 g/mol. The SMILES string of the molecule is Cc1ccc(C(O)CC2CCOC2)cc1Cl. The van der Waals surface area contributed by atoms with Crippen molar-refractivity contribution in [2.75, 3.05) is 13.2 Å². The van der Waals surface area contributed by atoms with Gasteiger partial charge in [-0.2, -0.15) is 0 Å². The smallest absolute Gasteiger partial charge is 0.0794 e. The summed E-state index contributed by atoms with van der Waals surface area (Å²) in [4.78, 5) is 0. The normalized spacial score (nSPS) is 22.3. The Hall–Kier alpha value is -0.570. The fraction of sp³-hybridized carbons (Fsp3) is 0.538. The molecule has 0 spiro atoms. The molecule has 2 atom stereocenters. The zero-order valence-corrected chi connectivity index (χ0v) is 10.2. The minimum Gasteiger partial charge on any atom is -0.388 e. The van der Waals surface area contributed by atoms with E-state index in [-0.39, 0.29) is 0 Å². The molecule has 1 aromatic rings. The van der Waals surface area contributed by atoms with E-state index in [0.29, 0.717) is 5.92 Å². The molecule has 0 saturated carbocycles. The molecule has 0 radical (unpaired) electrons. The van der Waals surface area contributed by atoms with Gasteiger partial charge in [0.1, 0.15) is 0 Å². The molecule has 1 aliphatic heterocycles. The van der Waals surface area contributed by atoms with Gasteiger partial charge in [-0.25, -0.2) is 0 Å². The van der Waals surface area contributed by atoms with Crippen LogP contribution in [0.25, 0.3) is 0 Å². The number of hydrogen-bond donors (Lipinski definition) is 1. The van der Waals surface area contributed by atoms with Crippen LogP contribution in [-0.4, -0.2) is 18.3 Å². The maximum atomic E-state index is 10.1. The highest BCUT2D eigenvalue weighted by molar-refractivity contribution is 6.31. The first kappa shape index (κ1) is 11.9. The van der Waals surface area contributed by atoms with Crippen LogP contribution in [0.3, 0.4) is 0 Å². The highest BCUT2D eigenvalue weighted by atomic mass is 35.5.